The van der Waals surface area contributed by atoms with E-state index in [1.807, 2.05) is 48.2 Å². The topological polar surface area (TPSA) is 61.4 Å². The molecule has 1 amide bonds. The molecule has 1 aliphatic heterocycles. The Morgan fingerprint density at radius 2 is 1.88 bits per heavy atom. The van der Waals surface area contributed by atoms with Crippen LogP contribution in [0.3, 0.4) is 0 Å². The molecule has 1 saturated heterocycles. The molecule has 0 unspecified atom stereocenters. The molecule has 0 atom stereocenters. The van der Waals surface area contributed by atoms with Gasteiger partial charge in [-0.15, -0.1) is 10.2 Å². The summed E-state index contributed by atoms with van der Waals surface area (Å²) >= 11 is 6.15. The van der Waals surface area contributed by atoms with Crippen molar-refractivity contribution in [3.63, 3.8) is 0 Å². The number of carbonyl (C=O) groups excluding carboxylic acids is 1. The zero-order chi connectivity index (χ0) is 17.6. The summed E-state index contributed by atoms with van der Waals surface area (Å²) in [6, 6.07) is 11.4. The summed E-state index contributed by atoms with van der Waals surface area (Å²) in [5.74, 6) is 1.74. The predicted octanol–water partition coefficient (Wildman–Crippen LogP) is 2.45. The van der Waals surface area contributed by atoms with E-state index in [2.05, 4.69) is 20.4 Å². The van der Waals surface area contributed by atoms with Crippen LogP contribution in [0.15, 0.2) is 36.4 Å². The van der Waals surface area contributed by atoms with Crippen molar-refractivity contribution in [3.8, 4) is 0 Å². The van der Waals surface area contributed by atoms with Gasteiger partial charge < -0.3 is 15.1 Å². The number of aromatic nitrogens is 2. The van der Waals surface area contributed by atoms with Gasteiger partial charge in [0, 0.05) is 37.7 Å². The quantitative estimate of drug-likeness (QED) is 0.888. The first-order valence-electron chi connectivity index (χ1n) is 8.51. The molecule has 0 bridgehead atoms. The van der Waals surface area contributed by atoms with Crippen molar-refractivity contribution in [2.75, 3.05) is 42.9 Å². The van der Waals surface area contributed by atoms with Crippen molar-refractivity contribution in [2.24, 2.45) is 0 Å². The molecule has 1 aromatic heterocycles. The second-order valence-corrected chi connectivity index (χ2v) is 6.35. The summed E-state index contributed by atoms with van der Waals surface area (Å²) in [4.78, 5) is 16.5. The van der Waals surface area contributed by atoms with Gasteiger partial charge in [-0.3, -0.25) is 4.79 Å². The molecule has 1 aliphatic rings. The van der Waals surface area contributed by atoms with E-state index in [4.69, 9.17) is 11.6 Å². The Morgan fingerprint density at radius 1 is 1.12 bits per heavy atom. The van der Waals surface area contributed by atoms with Gasteiger partial charge in [0.25, 0.3) is 0 Å². The molecule has 3 rings (SSSR count). The number of hydrogen-bond acceptors (Lipinski definition) is 5. The SMILES string of the molecule is CCNc1ccc(N2CCN(C(=O)Cc3ccccc3Cl)CC2)nn1. The fourth-order valence-corrected chi connectivity index (χ4v) is 3.07. The number of hydrogen-bond donors (Lipinski definition) is 1. The first-order valence-corrected chi connectivity index (χ1v) is 8.89. The minimum atomic E-state index is 0.112. The van der Waals surface area contributed by atoms with Crippen LogP contribution in [0.25, 0.3) is 0 Å². The van der Waals surface area contributed by atoms with E-state index in [1.165, 1.54) is 0 Å². The van der Waals surface area contributed by atoms with E-state index in [1.54, 1.807) is 0 Å². The van der Waals surface area contributed by atoms with E-state index in [-0.39, 0.29) is 5.91 Å². The van der Waals surface area contributed by atoms with Crippen LogP contribution in [0.2, 0.25) is 5.02 Å². The van der Waals surface area contributed by atoms with Gasteiger partial charge in [0.2, 0.25) is 5.91 Å². The molecule has 7 heteroatoms. The van der Waals surface area contributed by atoms with E-state index in [9.17, 15) is 4.79 Å². The lowest BCUT2D eigenvalue weighted by molar-refractivity contribution is -0.130. The summed E-state index contributed by atoms with van der Waals surface area (Å²) in [6.45, 7) is 5.71. The van der Waals surface area contributed by atoms with Crippen LogP contribution in [-0.2, 0) is 11.2 Å². The molecule has 2 heterocycles. The summed E-state index contributed by atoms with van der Waals surface area (Å²) < 4.78 is 0. The van der Waals surface area contributed by atoms with Crippen molar-refractivity contribution in [3.05, 3.63) is 47.0 Å². The van der Waals surface area contributed by atoms with Crippen LogP contribution in [0.5, 0.6) is 0 Å². The van der Waals surface area contributed by atoms with E-state index < -0.39 is 0 Å². The van der Waals surface area contributed by atoms with Crippen molar-refractivity contribution in [1.29, 1.82) is 0 Å². The number of nitrogens with zero attached hydrogens (tertiary/aromatic N) is 4. The van der Waals surface area contributed by atoms with Gasteiger partial charge in [-0.1, -0.05) is 29.8 Å². The molecular formula is C18H22ClN5O. The molecule has 0 aliphatic carbocycles. The molecule has 1 aromatic carbocycles. The molecular weight excluding hydrogens is 338 g/mol. The third kappa shape index (κ3) is 4.39. The van der Waals surface area contributed by atoms with E-state index >= 15 is 0 Å². The smallest absolute Gasteiger partial charge is 0.227 e. The van der Waals surface area contributed by atoms with Crippen LogP contribution in [0.1, 0.15) is 12.5 Å². The molecule has 1 N–H and O–H groups in total. The standard InChI is InChI=1S/C18H22ClN5O/c1-2-20-16-7-8-17(22-21-16)23-9-11-24(12-10-23)18(25)13-14-5-3-4-6-15(14)19/h3-8H,2,9-13H2,1H3,(H,20,21). The first kappa shape index (κ1) is 17.5. The lowest BCUT2D eigenvalue weighted by Crippen LogP contribution is -2.49. The van der Waals surface area contributed by atoms with Crippen molar-refractivity contribution >= 4 is 29.1 Å². The van der Waals surface area contributed by atoms with Gasteiger partial charge in [0.05, 0.1) is 6.42 Å². The Bertz CT molecular complexity index is 714. The number of nitrogens with one attached hydrogen (secondary N) is 1. The van der Waals surface area contributed by atoms with Crippen molar-refractivity contribution < 1.29 is 4.79 Å². The summed E-state index contributed by atoms with van der Waals surface area (Å²) in [6.07, 6.45) is 0.344. The number of piperazine rings is 1. The molecule has 25 heavy (non-hydrogen) atoms. The van der Waals surface area contributed by atoms with Gasteiger partial charge in [0.1, 0.15) is 5.82 Å². The number of halogens is 1. The highest BCUT2D eigenvalue weighted by Gasteiger charge is 2.22. The van der Waals surface area contributed by atoms with Crippen molar-refractivity contribution in [2.45, 2.75) is 13.3 Å². The second kappa shape index (κ2) is 8.16. The van der Waals surface area contributed by atoms with Gasteiger partial charge in [-0.2, -0.15) is 0 Å². The third-order valence-corrected chi connectivity index (χ3v) is 4.63. The largest absolute Gasteiger partial charge is 0.369 e. The fourth-order valence-electron chi connectivity index (χ4n) is 2.87. The summed E-state index contributed by atoms with van der Waals surface area (Å²) in [5, 5.41) is 12.2. The molecule has 6 nitrogen and oxygen atoms in total. The van der Waals surface area contributed by atoms with Crippen LogP contribution in [0.4, 0.5) is 11.6 Å². The zero-order valence-electron chi connectivity index (χ0n) is 14.3. The second-order valence-electron chi connectivity index (χ2n) is 5.94. The Hall–Kier alpha value is -2.34. The highest BCUT2D eigenvalue weighted by molar-refractivity contribution is 6.31. The Labute approximate surface area is 152 Å². The molecule has 0 saturated carbocycles. The Morgan fingerprint density at radius 3 is 2.52 bits per heavy atom. The van der Waals surface area contributed by atoms with Crippen LogP contribution < -0.4 is 10.2 Å². The van der Waals surface area contributed by atoms with Crippen LogP contribution in [0, 0.1) is 0 Å². The number of rotatable bonds is 5. The average molecular weight is 360 g/mol. The molecule has 2 aromatic rings. The van der Waals surface area contributed by atoms with Gasteiger partial charge in [-0.05, 0) is 30.7 Å². The Balaban J connectivity index is 1.54. The molecule has 0 spiro atoms. The third-order valence-electron chi connectivity index (χ3n) is 4.26. The molecule has 0 radical (unpaired) electrons. The molecule has 1 fully saturated rings. The lowest BCUT2D eigenvalue weighted by atomic mass is 10.1. The maximum absolute atomic E-state index is 12.5. The number of amides is 1. The maximum Gasteiger partial charge on any atom is 0.227 e. The number of benzene rings is 1. The normalized spacial score (nSPS) is 14.5. The summed E-state index contributed by atoms with van der Waals surface area (Å²) in [7, 11) is 0. The van der Waals surface area contributed by atoms with E-state index in [0.29, 0.717) is 24.5 Å². The van der Waals surface area contributed by atoms with Gasteiger partial charge in [-0.25, -0.2) is 0 Å². The first-order chi connectivity index (χ1) is 12.2. The minimum Gasteiger partial charge on any atom is -0.369 e. The number of carbonyl (C=O) groups is 1. The highest BCUT2D eigenvalue weighted by atomic mass is 35.5. The fraction of sp³-hybridized carbons (Fsp3) is 0.389. The lowest BCUT2D eigenvalue weighted by Gasteiger charge is -2.35. The van der Waals surface area contributed by atoms with Gasteiger partial charge >= 0.3 is 0 Å². The minimum absolute atomic E-state index is 0.112. The highest BCUT2D eigenvalue weighted by Crippen LogP contribution is 2.18. The van der Waals surface area contributed by atoms with Crippen LogP contribution >= 0.6 is 11.6 Å². The van der Waals surface area contributed by atoms with Crippen molar-refractivity contribution in [1.82, 2.24) is 15.1 Å². The monoisotopic (exact) mass is 359 g/mol. The van der Waals surface area contributed by atoms with Crippen LogP contribution in [-0.4, -0.2) is 53.7 Å². The summed E-state index contributed by atoms with van der Waals surface area (Å²) in [5.41, 5.74) is 0.876. The van der Waals surface area contributed by atoms with E-state index in [0.717, 1.165) is 36.8 Å². The molecule has 132 valence electrons. The zero-order valence-corrected chi connectivity index (χ0v) is 15.0. The Kier molecular flexibility index (Phi) is 5.71. The van der Waals surface area contributed by atoms with Gasteiger partial charge in [0.15, 0.2) is 5.82 Å². The predicted molar refractivity (Wildman–Crippen MR) is 100 cm³/mol. The average Bonchev–Trinajstić information content (AvgIpc) is 2.65. The number of anilines is 2. The maximum atomic E-state index is 12.5.